The lowest BCUT2D eigenvalue weighted by Gasteiger charge is -2.20. The lowest BCUT2D eigenvalue weighted by molar-refractivity contribution is -0.385. The van der Waals surface area contributed by atoms with Crippen molar-refractivity contribution >= 4 is 28.1 Å². The molecule has 0 bridgehead atoms. The summed E-state index contributed by atoms with van der Waals surface area (Å²) in [5.74, 6) is -0.315. The minimum Gasteiger partial charge on any atom is -0.490 e. The van der Waals surface area contributed by atoms with E-state index in [9.17, 15) is 14.9 Å². The first-order valence-corrected chi connectivity index (χ1v) is 8.10. The second-order valence-corrected chi connectivity index (χ2v) is 6.56. The topological polar surface area (TPSA) is 97.6 Å². The third kappa shape index (κ3) is 3.22. The number of fused-ring (bicyclic) bond motifs is 1. The average Bonchev–Trinajstić information content (AvgIpc) is 2.95. The van der Waals surface area contributed by atoms with Gasteiger partial charge in [0, 0.05) is 36.0 Å². The fourth-order valence-corrected chi connectivity index (χ4v) is 3.60. The third-order valence-electron chi connectivity index (χ3n) is 3.78. The molecule has 0 aliphatic carbocycles. The predicted molar refractivity (Wildman–Crippen MR) is 89.8 cm³/mol. The lowest BCUT2D eigenvalue weighted by atomic mass is 10.2. The molecular weight excluding hydrogens is 332 g/mol. The molecule has 0 saturated heterocycles. The van der Waals surface area contributed by atoms with Crippen molar-refractivity contribution in [3.63, 3.8) is 0 Å². The smallest absolute Gasteiger partial charge is 0.311 e. The number of ether oxygens (including phenoxy) is 1. The van der Waals surface area contributed by atoms with Crippen molar-refractivity contribution in [3.8, 4) is 5.75 Å². The number of nitrogens with zero attached hydrogens (tertiary/aromatic N) is 3. The van der Waals surface area contributed by atoms with E-state index in [0.717, 1.165) is 30.1 Å². The van der Waals surface area contributed by atoms with Crippen molar-refractivity contribution in [2.75, 3.05) is 26.0 Å². The highest BCUT2D eigenvalue weighted by atomic mass is 32.1. The van der Waals surface area contributed by atoms with Crippen LogP contribution in [-0.4, -0.2) is 41.4 Å². The SMILES string of the molecule is COc1ccc(C(=O)Nc2nc3c(s2)CN(C)CC3)cc1[N+](=O)[O-]. The monoisotopic (exact) mass is 348 g/mol. The first-order valence-electron chi connectivity index (χ1n) is 7.29. The summed E-state index contributed by atoms with van der Waals surface area (Å²) in [5.41, 5.74) is 0.951. The molecule has 0 spiro atoms. The second-order valence-electron chi connectivity index (χ2n) is 5.47. The maximum atomic E-state index is 12.3. The summed E-state index contributed by atoms with van der Waals surface area (Å²) in [5, 5.41) is 14.3. The number of aromatic nitrogens is 1. The number of nitrogens with one attached hydrogen (secondary N) is 1. The van der Waals surface area contributed by atoms with Crippen LogP contribution in [0.3, 0.4) is 0 Å². The molecule has 24 heavy (non-hydrogen) atoms. The number of hydrogen-bond donors (Lipinski definition) is 1. The molecule has 126 valence electrons. The normalized spacial score (nSPS) is 14.1. The molecule has 2 heterocycles. The highest BCUT2D eigenvalue weighted by molar-refractivity contribution is 7.15. The zero-order valence-corrected chi connectivity index (χ0v) is 14.1. The predicted octanol–water partition coefficient (Wildman–Crippen LogP) is 2.30. The number of hydrogen-bond acceptors (Lipinski definition) is 7. The van der Waals surface area contributed by atoms with Crippen molar-refractivity contribution in [3.05, 3.63) is 44.4 Å². The molecular formula is C15H16N4O4S. The summed E-state index contributed by atoms with van der Waals surface area (Å²) < 4.78 is 4.94. The maximum absolute atomic E-state index is 12.3. The van der Waals surface area contributed by atoms with Gasteiger partial charge in [0.15, 0.2) is 10.9 Å². The summed E-state index contributed by atoms with van der Waals surface area (Å²) in [6.07, 6.45) is 0.853. The fraction of sp³-hybridized carbons (Fsp3) is 0.333. The zero-order valence-electron chi connectivity index (χ0n) is 13.2. The van der Waals surface area contributed by atoms with Crippen LogP contribution in [0, 0.1) is 10.1 Å². The molecule has 0 unspecified atom stereocenters. The van der Waals surface area contributed by atoms with E-state index in [0.29, 0.717) is 5.13 Å². The summed E-state index contributed by atoms with van der Waals surface area (Å²) in [6, 6.07) is 4.10. The van der Waals surface area contributed by atoms with E-state index in [4.69, 9.17) is 4.74 Å². The number of thiazole rings is 1. The average molecular weight is 348 g/mol. The van der Waals surface area contributed by atoms with Gasteiger partial charge in [0.25, 0.3) is 5.91 Å². The van der Waals surface area contributed by atoms with E-state index in [1.807, 2.05) is 7.05 Å². The summed E-state index contributed by atoms with van der Waals surface area (Å²) >= 11 is 1.44. The Kier molecular flexibility index (Phi) is 4.45. The zero-order chi connectivity index (χ0) is 17.3. The second kappa shape index (κ2) is 6.54. The molecule has 0 fully saturated rings. The number of nitro benzene ring substituents is 1. The van der Waals surface area contributed by atoms with Gasteiger partial charge in [-0.05, 0) is 19.2 Å². The van der Waals surface area contributed by atoms with Gasteiger partial charge in [0.05, 0.1) is 17.7 Å². The van der Waals surface area contributed by atoms with Gasteiger partial charge >= 0.3 is 5.69 Å². The van der Waals surface area contributed by atoms with E-state index in [1.54, 1.807) is 0 Å². The molecule has 0 radical (unpaired) electrons. The van der Waals surface area contributed by atoms with E-state index in [2.05, 4.69) is 15.2 Å². The van der Waals surface area contributed by atoms with Gasteiger partial charge in [0.2, 0.25) is 0 Å². The fourth-order valence-electron chi connectivity index (χ4n) is 2.52. The minimum absolute atomic E-state index is 0.115. The molecule has 0 atom stereocenters. The van der Waals surface area contributed by atoms with Gasteiger partial charge in [-0.25, -0.2) is 4.98 Å². The molecule has 1 N–H and O–H groups in total. The van der Waals surface area contributed by atoms with Crippen molar-refractivity contribution in [1.29, 1.82) is 0 Å². The van der Waals surface area contributed by atoms with Gasteiger partial charge < -0.3 is 9.64 Å². The van der Waals surface area contributed by atoms with Gasteiger partial charge in [-0.1, -0.05) is 0 Å². The van der Waals surface area contributed by atoms with E-state index in [-0.39, 0.29) is 17.0 Å². The van der Waals surface area contributed by atoms with Crippen molar-refractivity contribution in [2.24, 2.45) is 0 Å². The highest BCUT2D eigenvalue weighted by Crippen LogP contribution is 2.30. The molecule has 8 nitrogen and oxygen atoms in total. The van der Waals surface area contributed by atoms with E-state index >= 15 is 0 Å². The van der Waals surface area contributed by atoms with Gasteiger partial charge in [-0.3, -0.25) is 20.2 Å². The van der Waals surface area contributed by atoms with Crippen LogP contribution in [0.1, 0.15) is 20.9 Å². The molecule has 3 rings (SSSR count). The van der Waals surface area contributed by atoms with E-state index < -0.39 is 10.8 Å². The molecule has 9 heteroatoms. The highest BCUT2D eigenvalue weighted by Gasteiger charge is 2.21. The Balaban J connectivity index is 1.80. The largest absolute Gasteiger partial charge is 0.490 e. The van der Waals surface area contributed by atoms with Crippen molar-refractivity contribution in [2.45, 2.75) is 13.0 Å². The molecule has 2 aromatic rings. The first kappa shape index (κ1) is 16.3. The summed E-state index contributed by atoms with van der Waals surface area (Å²) in [6.45, 7) is 1.76. The number of nitro groups is 1. The Hall–Kier alpha value is -2.52. The Morgan fingerprint density at radius 2 is 2.29 bits per heavy atom. The number of carbonyl (C=O) groups is 1. The molecule has 0 saturated carbocycles. The molecule has 1 amide bonds. The molecule has 1 aromatic heterocycles. The lowest BCUT2D eigenvalue weighted by Crippen LogP contribution is -2.25. The number of anilines is 1. The Labute approximate surface area is 142 Å². The Morgan fingerprint density at radius 3 is 3.00 bits per heavy atom. The number of likely N-dealkylation sites (N-methyl/N-ethyl adjacent to an activating group) is 1. The Bertz CT molecular complexity index is 805. The van der Waals surface area contributed by atoms with Crippen LogP contribution in [0.15, 0.2) is 18.2 Å². The van der Waals surface area contributed by atoms with Crippen LogP contribution in [0.4, 0.5) is 10.8 Å². The van der Waals surface area contributed by atoms with Gasteiger partial charge in [-0.2, -0.15) is 0 Å². The number of benzene rings is 1. The van der Waals surface area contributed by atoms with Crippen LogP contribution in [0.2, 0.25) is 0 Å². The molecule has 1 aromatic carbocycles. The summed E-state index contributed by atoms with van der Waals surface area (Å²) in [7, 11) is 3.39. The van der Waals surface area contributed by atoms with Crippen LogP contribution in [0.25, 0.3) is 0 Å². The van der Waals surface area contributed by atoms with Crippen LogP contribution in [0.5, 0.6) is 5.75 Å². The Morgan fingerprint density at radius 1 is 1.50 bits per heavy atom. The molecule has 1 aliphatic rings. The van der Waals surface area contributed by atoms with E-state index in [1.165, 1.54) is 36.6 Å². The van der Waals surface area contributed by atoms with Crippen molar-refractivity contribution < 1.29 is 14.5 Å². The molecule has 1 aliphatic heterocycles. The number of methoxy groups -OCH3 is 1. The van der Waals surface area contributed by atoms with Crippen LogP contribution >= 0.6 is 11.3 Å². The van der Waals surface area contributed by atoms with Crippen LogP contribution < -0.4 is 10.1 Å². The standard InChI is InChI=1S/C15H16N4O4S/c1-18-6-5-10-13(8-18)24-15(16-10)17-14(20)9-3-4-12(23-2)11(7-9)19(21)22/h3-4,7H,5-6,8H2,1-2H3,(H,16,17,20). The van der Waals surface area contributed by atoms with Crippen LogP contribution in [-0.2, 0) is 13.0 Å². The number of amides is 1. The number of rotatable bonds is 4. The van der Waals surface area contributed by atoms with Crippen molar-refractivity contribution in [1.82, 2.24) is 9.88 Å². The maximum Gasteiger partial charge on any atom is 0.311 e. The quantitative estimate of drug-likeness (QED) is 0.672. The summed E-state index contributed by atoms with van der Waals surface area (Å²) in [4.78, 5) is 30.6. The third-order valence-corrected chi connectivity index (χ3v) is 4.78. The van der Waals surface area contributed by atoms with Gasteiger partial charge in [-0.15, -0.1) is 11.3 Å². The minimum atomic E-state index is -0.576. The number of carbonyl (C=O) groups excluding carboxylic acids is 1. The first-order chi connectivity index (χ1) is 11.5. The van der Waals surface area contributed by atoms with Gasteiger partial charge in [0.1, 0.15) is 0 Å².